The maximum atomic E-state index is 13.7. The quantitative estimate of drug-likeness (QED) is 0.316. The minimum absolute atomic E-state index is 0.0244. The molecule has 0 amide bonds. The molecule has 3 rings (SSSR count). The summed E-state index contributed by atoms with van der Waals surface area (Å²) >= 11 is 0. The molecule has 14 heteroatoms. The van der Waals surface area contributed by atoms with Gasteiger partial charge in [-0.15, -0.1) is 10.2 Å². The molecule has 0 aromatic carbocycles. The normalized spacial score (nSPS) is 13.6. The van der Waals surface area contributed by atoms with Crippen molar-refractivity contribution in [1.82, 2.24) is 29.7 Å². The second-order valence-electron chi connectivity index (χ2n) is 8.92. The van der Waals surface area contributed by atoms with E-state index in [1.807, 2.05) is 20.8 Å². The third-order valence-electron chi connectivity index (χ3n) is 5.56. The van der Waals surface area contributed by atoms with Crippen molar-refractivity contribution in [2.24, 2.45) is 0 Å². The Kier molecular flexibility index (Phi) is 10.1. The molecule has 0 saturated carbocycles. The van der Waals surface area contributed by atoms with E-state index in [-0.39, 0.29) is 31.1 Å². The van der Waals surface area contributed by atoms with E-state index in [4.69, 9.17) is 18.9 Å². The van der Waals surface area contributed by atoms with Gasteiger partial charge in [0.15, 0.2) is 11.6 Å². The summed E-state index contributed by atoms with van der Waals surface area (Å²) in [4.78, 5) is 13.1. The first kappa shape index (κ1) is 29.4. The maximum absolute atomic E-state index is 13.7. The Morgan fingerprint density at radius 2 is 1.66 bits per heavy atom. The molecule has 3 aromatic rings. The van der Waals surface area contributed by atoms with Crippen molar-refractivity contribution in [2.75, 3.05) is 39.3 Å². The van der Waals surface area contributed by atoms with E-state index < -0.39 is 27.4 Å². The fourth-order valence-corrected chi connectivity index (χ4v) is 4.81. The Morgan fingerprint density at radius 3 is 2.24 bits per heavy atom. The van der Waals surface area contributed by atoms with E-state index in [1.54, 1.807) is 35.2 Å². The number of hydrogen-bond acceptors (Lipinski definition) is 11. The summed E-state index contributed by atoms with van der Waals surface area (Å²) in [5.41, 5.74) is 1.28. The lowest BCUT2D eigenvalue weighted by atomic mass is 10.2. The van der Waals surface area contributed by atoms with E-state index in [2.05, 4.69) is 29.9 Å². The molecule has 0 aliphatic heterocycles. The van der Waals surface area contributed by atoms with Crippen LogP contribution in [0, 0.1) is 6.92 Å². The number of methoxy groups -OCH3 is 3. The van der Waals surface area contributed by atoms with Crippen molar-refractivity contribution in [2.45, 2.75) is 51.2 Å². The van der Waals surface area contributed by atoms with Crippen molar-refractivity contribution in [3.8, 4) is 17.4 Å². The van der Waals surface area contributed by atoms with Gasteiger partial charge in [0.05, 0.1) is 32.5 Å². The molecule has 3 aromatic heterocycles. The lowest BCUT2D eigenvalue weighted by molar-refractivity contribution is 0.00152. The topological polar surface area (TPSA) is 152 Å². The van der Waals surface area contributed by atoms with Crippen molar-refractivity contribution < 1.29 is 27.4 Å². The third kappa shape index (κ3) is 7.01. The molecule has 0 fully saturated rings. The number of rotatable bonds is 14. The zero-order valence-electron chi connectivity index (χ0n) is 22.7. The van der Waals surface area contributed by atoms with Crippen LogP contribution in [-0.4, -0.2) is 84.0 Å². The second kappa shape index (κ2) is 13.0. The Hall–Kier alpha value is -3.20. The fraction of sp³-hybridized carbons (Fsp3) is 0.542. The molecule has 38 heavy (non-hydrogen) atoms. The molecule has 2 atom stereocenters. The Labute approximate surface area is 223 Å². The molecule has 0 unspecified atom stereocenters. The standard InChI is InChI=1S/C24H35N7O6S/c1-15(2)37-21(22-25-11-16(3)12-26-22)17(4)38(32,33)30-24-29-28-23(19-9-8-10-20(27-19)36-7)31(24)18(13-34-5)14-35-6/h8-12,15,17-18,21H,13-14H2,1-7H3,(H,29,30)/t17-,21+/m0/s1. The summed E-state index contributed by atoms with van der Waals surface area (Å²) < 4.78 is 53.5. The van der Waals surface area contributed by atoms with Gasteiger partial charge in [-0.3, -0.25) is 9.29 Å². The average Bonchev–Trinajstić information content (AvgIpc) is 3.29. The minimum atomic E-state index is -4.09. The van der Waals surface area contributed by atoms with E-state index in [1.165, 1.54) is 28.3 Å². The summed E-state index contributed by atoms with van der Waals surface area (Å²) in [6.07, 6.45) is 2.04. The van der Waals surface area contributed by atoms with Crippen molar-refractivity contribution in [1.29, 1.82) is 0 Å². The lowest BCUT2D eigenvalue weighted by Crippen LogP contribution is -2.35. The van der Waals surface area contributed by atoms with Gasteiger partial charge < -0.3 is 18.9 Å². The van der Waals surface area contributed by atoms with Crippen LogP contribution in [0.25, 0.3) is 11.5 Å². The monoisotopic (exact) mass is 549 g/mol. The molecule has 3 heterocycles. The highest BCUT2D eigenvalue weighted by Gasteiger charge is 2.36. The van der Waals surface area contributed by atoms with Gasteiger partial charge in [-0.2, -0.15) is 0 Å². The van der Waals surface area contributed by atoms with Crippen LogP contribution >= 0.6 is 0 Å². The first-order valence-corrected chi connectivity index (χ1v) is 13.6. The zero-order valence-corrected chi connectivity index (χ0v) is 23.5. The predicted molar refractivity (Wildman–Crippen MR) is 140 cm³/mol. The summed E-state index contributed by atoms with van der Waals surface area (Å²) in [5.74, 6) is 0.921. The Balaban J connectivity index is 2.05. The summed E-state index contributed by atoms with van der Waals surface area (Å²) in [7, 11) is 0.494. The van der Waals surface area contributed by atoms with Crippen LogP contribution in [0.5, 0.6) is 5.88 Å². The largest absolute Gasteiger partial charge is 0.481 e. The number of aryl methyl sites for hydroxylation is 1. The van der Waals surface area contributed by atoms with Gasteiger partial charge in [-0.05, 0) is 39.3 Å². The summed E-state index contributed by atoms with van der Waals surface area (Å²) in [5, 5.41) is 7.33. The van der Waals surface area contributed by atoms with Crippen molar-refractivity contribution >= 4 is 16.0 Å². The van der Waals surface area contributed by atoms with Crippen LogP contribution in [-0.2, 0) is 24.2 Å². The number of nitrogens with one attached hydrogen (secondary N) is 1. The van der Waals surface area contributed by atoms with Gasteiger partial charge in [0.25, 0.3) is 0 Å². The van der Waals surface area contributed by atoms with Crippen LogP contribution in [0.4, 0.5) is 5.95 Å². The highest BCUT2D eigenvalue weighted by atomic mass is 32.2. The van der Waals surface area contributed by atoms with E-state index in [0.29, 0.717) is 17.4 Å². The molecule has 13 nitrogen and oxygen atoms in total. The lowest BCUT2D eigenvalue weighted by Gasteiger charge is -2.26. The number of anilines is 1. The first-order chi connectivity index (χ1) is 18.1. The number of ether oxygens (including phenoxy) is 4. The molecule has 0 aliphatic carbocycles. The molecule has 0 saturated heterocycles. The number of nitrogens with zero attached hydrogens (tertiary/aromatic N) is 6. The van der Waals surface area contributed by atoms with Crippen LogP contribution in [0.3, 0.4) is 0 Å². The highest BCUT2D eigenvalue weighted by Crippen LogP contribution is 2.30. The van der Waals surface area contributed by atoms with Gasteiger partial charge >= 0.3 is 0 Å². The average molecular weight is 550 g/mol. The van der Waals surface area contributed by atoms with E-state index >= 15 is 0 Å². The molecular formula is C24H35N7O6S. The Morgan fingerprint density at radius 1 is 1.00 bits per heavy atom. The van der Waals surface area contributed by atoms with Gasteiger partial charge in [-0.1, -0.05) is 6.07 Å². The molecule has 1 N–H and O–H groups in total. The van der Waals surface area contributed by atoms with Gasteiger partial charge in [0.1, 0.15) is 17.0 Å². The van der Waals surface area contributed by atoms with Gasteiger partial charge in [0, 0.05) is 32.7 Å². The number of hydrogen-bond donors (Lipinski definition) is 1. The molecule has 0 aliphatic rings. The zero-order chi connectivity index (χ0) is 27.9. The van der Waals surface area contributed by atoms with Gasteiger partial charge in [-0.25, -0.2) is 23.4 Å². The highest BCUT2D eigenvalue weighted by molar-refractivity contribution is 7.93. The molecule has 0 bridgehead atoms. The van der Waals surface area contributed by atoms with Crippen LogP contribution < -0.4 is 9.46 Å². The summed E-state index contributed by atoms with van der Waals surface area (Å²) in [6, 6.07) is 4.70. The smallest absolute Gasteiger partial charge is 0.240 e. The SMILES string of the molecule is COCC(COC)n1c(NS(=O)(=O)[C@@H](C)[C@@H](OC(C)C)c2ncc(C)cn2)nnc1-c1cccc(OC)n1. The molecule has 208 valence electrons. The third-order valence-corrected chi connectivity index (χ3v) is 7.26. The number of aromatic nitrogens is 6. The van der Waals surface area contributed by atoms with Crippen molar-refractivity contribution in [3.05, 3.63) is 42.0 Å². The molecule has 0 spiro atoms. The van der Waals surface area contributed by atoms with Crippen LogP contribution in [0.15, 0.2) is 30.6 Å². The minimum Gasteiger partial charge on any atom is -0.481 e. The summed E-state index contributed by atoms with van der Waals surface area (Å²) in [6.45, 7) is 7.41. The number of sulfonamides is 1. The van der Waals surface area contributed by atoms with Gasteiger partial charge in [0.2, 0.25) is 21.9 Å². The first-order valence-electron chi connectivity index (χ1n) is 12.0. The fourth-order valence-electron chi connectivity index (χ4n) is 3.72. The van der Waals surface area contributed by atoms with E-state index in [9.17, 15) is 8.42 Å². The molecule has 0 radical (unpaired) electrons. The van der Waals surface area contributed by atoms with E-state index in [0.717, 1.165) is 5.56 Å². The van der Waals surface area contributed by atoms with Crippen molar-refractivity contribution in [3.63, 3.8) is 0 Å². The predicted octanol–water partition coefficient (Wildman–Crippen LogP) is 2.58. The Bertz CT molecular complexity index is 1280. The number of pyridine rings is 1. The van der Waals surface area contributed by atoms with Crippen LogP contribution in [0.1, 0.15) is 44.3 Å². The maximum Gasteiger partial charge on any atom is 0.240 e. The van der Waals surface area contributed by atoms with Crippen LogP contribution in [0.2, 0.25) is 0 Å². The molecular weight excluding hydrogens is 514 g/mol. The second-order valence-corrected chi connectivity index (χ2v) is 11.0.